The van der Waals surface area contributed by atoms with Crippen molar-refractivity contribution in [1.29, 1.82) is 0 Å². The average Bonchev–Trinajstić information content (AvgIpc) is 3.61. The number of rotatable bonds is 18. The number of azo groups is 3. The van der Waals surface area contributed by atoms with Crippen LogP contribution in [0.15, 0.2) is 122 Å². The number of aromatic hydroxyl groups is 1. The van der Waals surface area contributed by atoms with Gasteiger partial charge in [-0.1, -0.05) is 0 Å². The summed E-state index contributed by atoms with van der Waals surface area (Å²) in [5, 5.41) is 63.9. The fraction of sp³-hybridized carbons (Fsp3) is 0.158. The number of fused-ring (bicyclic) bond motifs is 1. The van der Waals surface area contributed by atoms with Crippen LogP contribution in [0.2, 0.25) is 0 Å². The van der Waals surface area contributed by atoms with Crippen molar-refractivity contribution >= 4 is 91.3 Å². The Morgan fingerprint density at radius 1 is 0.600 bits per heavy atom. The van der Waals surface area contributed by atoms with E-state index in [-0.39, 0.29) is 34.2 Å². The van der Waals surface area contributed by atoms with Crippen molar-refractivity contribution in [1.82, 2.24) is 9.78 Å². The van der Waals surface area contributed by atoms with Crippen LogP contribution in [0.25, 0.3) is 16.5 Å². The van der Waals surface area contributed by atoms with Gasteiger partial charge in [0.05, 0.1) is 23.8 Å². The zero-order valence-corrected chi connectivity index (χ0v) is 38.7. The van der Waals surface area contributed by atoms with Gasteiger partial charge in [0.15, 0.2) is 17.1 Å². The summed E-state index contributed by atoms with van der Waals surface area (Å²) in [6, 6.07) is 10.4. The maximum atomic E-state index is 13.4. The van der Waals surface area contributed by atoms with Gasteiger partial charge in [-0.05, 0) is 79.6 Å². The van der Waals surface area contributed by atoms with Gasteiger partial charge in [-0.25, -0.2) is 9.48 Å². The number of carboxylic acids is 1. The second kappa shape index (κ2) is 19.9. The fourth-order valence-electron chi connectivity index (χ4n) is 6.26. The lowest BCUT2D eigenvalue weighted by atomic mass is 10.1. The van der Waals surface area contributed by atoms with Crippen LogP contribution >= 0.6 is 0 Å². The highest BCUT2D eigenvalue weighted by atomic mass is 32.2. The van der Waals surface area contributed by atoms with Gasteiger partial charge in [0, 0.05) is 22.9 Å². The summed E-state index contributed by atoms with van der Waals surface area (Å²) in [6.45, 7) is 1.23. The SMILES string of the molecule is Cc1cc(N=Nc2cc(OCCO)c(N=Nc3c(S(=O)(=O)O)cc4c(S(=O)(=O)O)c(N=Nc5c(C(=O)O)[nH]n(-c6ccc(S(=O)(=O)O)cc6)c5=O)ccc4c3O)cc2OCCO)c(S(=O)(=O)O)cc1C. The number of carboxylic acid groups (broad SMARTS) is 1. The molecule has 0 aliphatic carbocycles. The van der Waals surface area contributed by atoms with Crippen molar-refractivity contribution in [2.24, 2.45) is 30.7 Å². The first-order valence-corrected chi connectivity index (χ1v) is 24.8. The Balaban J connectivity index is 1.50. The van der Waals surface area contributed by atoms with Gasteiger partial charge in [-0.2, -0.15) is 33.7 Å². The molecule has 70 heavy (non-hydrogen) atoms. The third kappa shape index (κ3) is 11.2. The molecule has 5 aromatic carbocycles. The van der Waals surface area contributed by atoms with E-state index in [1.54, 1.807) is 13.8 Å². The molecule has 0 saturated heterocycles. The molecule has 0 fully saturated rings. The zero-order valence-electron chi connectivity index (χ0n) is 35.4. The summed E-state index contributed by atoms with van der Waals surface area (Å²) < 4.78 is 150. The van der Waals surface area contributed by atoms with E-state index >= 15 is 0 Å². The Morgan fingerprint density at radius 3 is 1.63 bits per heavy atom. The standard InChI is InChI=1S/C38H34N8O20S4/c1-18-13-27(30(14-19(18)2)68(56,57)58)42-40-25-16-29(66-12-10-48)26(17-28(25)65-11-9-47)41-43-32-31(69(59,60)61)15-23-22(35(32)49)7-8-24(36(23)70(62,63)64)39-44-33-34(38(51)52)45-46(37(33)50)20-3-5-21(6-4-20)67(53,54)55/h3-8,13-17,45,47-49H,9-12H2,1-2H3,(H,51,52)(H,53,54,55)(H,56,57,58)(H,59,60,61)(H,62,63,64). The van der Waals surface area contributed by atoms with Gasteiger partial charge in [-0.3, -0.25) is 28.1 Å². The van der Waals surface area contributed by atoms with Crippen LogP contribution < -0.4 is 15.0 Å². The molecule has 0 spiro atoms. The molecule has 0 radical (unpaired) electrons. The molecular weight excluding hydrogens is 1020 g/mol. The molecule has 32 heteroatoms. The number of aromatic carboxylic acids is 1. The number of nitrogens with one attached hydrogen (secondary N) is 1. The fourth-order valence-corrected chi connectivity index (χ4v) is 8.89. The summed E-state index contributed by atoms with van der Waals surface area (Å²) >= 11 is 0. The number of H-pyrrole nitrogens is 1. The number of benzene rings is 5. The predicted molar refractivity (Wildman–Crippen MR) is 238 cm³/mol. The number of carbonyl (C=O) groups is 1. The smallest absolute Gasteiger partial charge is 0.356 e. The van der Waals surface area contributed by atoms with E-state index in [2.05, 4.69) is 35.8 Å². The molecule has 0 unspecified atom stereocenters. The normalized spacial score (nSPS) is 12.7. The van der Waals surface area contributed by atoms with E-state index in [1.165, 1.54) is 6.07 Å². The second-order valence-electron chi connectivity index (χ2n) is 14.2. The van der Waals surface area contributed by atoms with Gasteiger partial charge < -0.3 is 29.9 Å². The molecule has 1 heterocycles. The topological polar surface area (TPSA) is 446 Å². The summed E-state index contributed by atoms with van der Waals surface area (Å²) in [5.41, 5.74) is -5.18. The van der Waals surface area contributed by atoms with E-state index in [0.29, 0.717) is 21.9 Å². The zero-order chi connectivity index (χ0) is 51.7. The molecule has 1 aromatic heterocycles. The van der Waals surface area contributed by atoms with Gasteiger partial charge in [0.2, 0.25) is 0 Å². The number of aliphatic hydroxyl groups excluding tert-OH is 2. The van der Waals surface area contributed by atoms with Gasteiger partial charge in [0.1, 0.15) is 67.8 Å². The molecule has 6 aromatic rings. The lowest BCUT2D eigenvalue weighted by molar-refractivity contribution is 0.0690. The molecule has 0 saturated carbocycles. The lowest BCUT2D eigenvalue weighted by Crippen LogP contribution is -2.14. The summed E-state index contributed by atoms with van der Waals surface area (Å²) in [7, 11) is -20.6. The Morgan fingerprint density at radius 2 is 1.11 bits per heavy atom. The molecule has 0 atom stereocenters. The maximum absolute atomic E-state index is 13.4. The second-order valence-corrected chi connectivity index (χ2v) is 19.8. The summed E-state index contributed by atoms with van der Waals surface area (Å²) in [6.07, 6.45) is 0. The van der Waals surface area contributed by atoms with Crippen LogP contribution in [-0.4, -0.2) is 114 Å². The molecule has 6 rings (SSSR count). The summed E-state index contributed by atoms with van der Waals surface area (Å²) in [4.78, 5) is 21.6. The number of nitrogens with zero attached hydrogens (tertiary/aromatic N) is 7. The molecule has 0 aliphatic heterocycles. The first kappa shape index (κ1) is 52.0. The highest BCUT2D eigenvalue weighted by Gasteiger charge is 2.29. The minimum atomic E-state index is -5.57. The number of hydrogen-bond acceptors (Lipinski definition) is 21. The largest absolute Gasteiger partial charge is 0.505 e. The molecule has 9 N–H and O–H groups in total. The van der Waals surface area contributed by atoms with E-state index in [0.717, 1.165) is 54.6 Å². The number of hydrogen-bond donors (Lipinski definition) is 9. The van der Waals surface area contributed by atoms with Crippen molar-refractivity contribution in [3.63, 3.8) is 0 Å². The van der Waals surface area contributed by atoms with Gasteiger partial charge in [0.25, 0.3) is 46.0 Å². The van der Waals surface area contributed by atoms with Crippen LogP contribution in [0.4, 0.5) is 34.1 Å². The number of ether oxygens (including phenoxy) is 2. The average molecular weight is 1050 g/mol. The van der Waals surface area contributed by atoms with Crippen molar-refractivity contribution in [3.8, 4) is 22.9 Å². The highest BCUT2D eigenvalue weighted by molar-refractivity contribution is 7.87. The minimum absolute atomic E-state index is 0.178. The first-order valence-electron chi connectivity index (χ1n) is 19.1. The number of aromatic nitrogens is 2. The van der Waals surface area contributed by atoms with Crippen LogP contribution in [-0.2, 0) is 40.5 Å². The van der Waals surface area contributed by atoms with Gasteiger partial charge >= 0.3 is 5.97 Å². The maximum Gasteiger partial charge on any atom is 0.356 e. The Bertz CT molecular complexity index is 3720. The molecular formula is C38H34N8O20S4. The number of aliphatic hydroxyl groups is 2. The monoisotopic (exact) mass is 1050 g/mol. The van der Waals surface area contributed by atoms with Crippen molar-refractivity contribution in [2.75, 3.05) is 26.4 Å². The van der Waals surface area contributed by atoms with E-state index in [1.807, 2.05) is 0 Å². The molecule has 0 bridgehead atoms. The van der Waals surface area contributed by atoms with E-state index in [4.69, 9.17) is 9.47 Å². The lowest BCUT2D eigenvalue weighted by Gasteiger charge is -2.14. The number of aromatic amines is 1. The molecule has 0 amide bonds. The molecule has 28 nitrogen and oxygen atoms in total. The summed E-state index contributed by atoms with van der Waals surface area (Å²) in [5.74, 6) is -3.58. The quantitative estimate of drug-likeness (QED) is 0.0388. The number of phenolic OH excluding ortho intramolecular Hbond substituents is 1. The Kier molecular flexibility index (Phi) is 14.8. The Labute approximate surface area is 393 Å². The first-order chi connectivity index (χ1) is 32.6. The third-order valence-electron chi connectivity index (χ3n) is 9.54. The van der Waals surface area contributed by atoms with Crippen LogP contribution in [0.3, 0.4) is 0 Å². The van der Waals surface area contributed by atoms with Crippen LogP contribution in [0, 0.1) is 13.8 Å². The van der Waals surface area contributed by atoms with Gasteiger partial charge in [-0.15, -0.1) is 30.7 Å². The third-order valence-corrected chi connectivity index (χ3v) is 13.1. The minimum Gasteiger partial charge on any atom is -0.505 e. The predicted octanol–water partition coefficient (Wildman–Crippen LogP) is 5.31. The van der Waals surface area contributed by atoms with E-state index < -0.39 is 137 Å². The number of aryl methyl sites for hydroxylation is 2. The van der Waals surface area contributed by atoms with Crippen molar-refractivity contribution in [3.05, 3.63) is 93.9 Å². The van der Waals surface area contributed by atoms with Crippen molar-refractivity contribution < 1.29 is 86.6 Å². The number of phenols is 1. The van der Waals surface area contributed by atoms with Crippen molar-refractivity contribution in [2.45, 2.75) is 33.4 Å². The van der Waals surface area contributed by atoms with Crippen LogP contribution in [0.1, 0.15) is 21.6 Å². The highest BCUT2D eigenvalue weighted by Crippen LogP contribution is 2.47. The van der Waals surface area contributed by atoms with Crippen LogP contribution in [0.5, 0.6) is 17.2 Å². The van der Waals surface area contributed by atoms with E-state index in [9.17, 15) is 81.9 Å². The molecule has 370 valence electrons. The molecule has 0 aliphatic rings. The Hall–Kier alpha value is -7.40.